The second-order valence-electron chi connectivity index (χ2n) is 5.74. The zero-order valence-corrected chi connectivity index (χ0v) is 14.1. The van der Waals surface area contributed by atoms with Crippen LogP contribution >= 0.6 is 11.6 Å². The summed E-state index contributed by atoms with van der Waals surface area (Å²) in [6, 6.07) is 3.48. The van der Waals surface area contributed by atoms with Gasteiger partial charge in [-0.05, 0) is 25.2 Å². The van der Waals surface area contributed by atoms with E-state index in [1.807, 2.05) is 11.9 Å². The fourth-order valence-corrected chi connectivity index (χ4v) is 2.69. The Morgan fingerprint density at radius 2 is 1.88 bits per heavy atom. The van der Waals surface area contributed by atoms with Crippen LogP contribution in [-0.4, -0.2) is 53.3 Å². The highest BCUT2D eigenvalue weighted by molar-refractivity contribution is 6.30. The first-order valence-corrected chi connectivity index (χ1v) is 7.98. The van der Waals surface area contributed by atoms with E-state index in [0.717, 1.165) is 32.2 Å². The first-order chi connectivity index (χ1) is 11.8. The molecule has 1 aliphatic heterocycles. The number of likely N-dealkylation sites (N-methyl/N-ethyl adjacent to an activating group) is 1. The molecule has 0 atom stereocenters. The molecule has 1 saturated heterocycles. The van der Waals surface area contributed by atoms with E-state index in [9.17, 15) is 13.2 Å². The third kappa shape index (κ3) is 4.29. The minimum absolute atomic E-state index is 0.00288. The van der Waals surface area contributed by atoms with E-state index >= 15 is 0 Å². The van der Waals surface area contributed by atoms with Crippen LogP contribution in [0.15, 0.2) is 24.4 Å². The fraction of sp³-hybridized carbons (Fsp3) is 0.400. The maximum absolute atomic E-state index is 13.2. The summed E-state index contributed by atoms with van der Waals surface area (Å²) in [6.45, 7) is 3.29. The summed E-state index contributed by atoms with van der Waals surface area (Å²) in [6.07, 6.45) is -3.04. The molecule has 0 amide bonds. The molecule has 1 aliphatic rings. The van der Waals surface area contributed by atoms with E-state index in [4.69, 9.17) is 11.6 Å². The summed E-state index contributed by atoms with van der Waals surface area (Å²) < 4.78 is 39.5. The summed E-state index contributed by atoms with van der Waals surface area (Å²) in [4.78, 5) is 8.49. The van der Waals surface area contributed by atoms with Gasteiger partial charge in [-0.3, -0.25) is 0 Å². The van der Waals surface area contributed by atoms with Crippen LogP contribution in [0.3, 0.4) is 0 Å². The highest BCUT2D eigenvalue weighted by Crippen LogP contribution is 2.37. The van der Waals surface area contributed by atoms with Crippen molar-refractivity contribution in [2.75, 3.05) is 43.4 Å². The lowest BCUT2D eigenvalue weighted by Gasteiger charge is -2.32. The van der Waals surface area contributed by atoms with Crippen molar-refractivity contribution in [3.05, 3.63) is 35.0 Å². The zero-order valence-electron chi connectivity index (χ0n) is 13.4. The molecule has 2 heterocycles. The number of nitrogens with one attached hydrogen (secondary N) is 1. The van der Waals surface area contributed by atoms with Crippen LogP contribution in [-0.2, 0) is 6.18 Å². The van der Waals surface area contributed by atoms with E-state index in [2.05, 4.69) is 25.4 Å². The number of benzene rings is 1. The summed E-state index contributed by atoms with van der Waals surface area (Å²) in [5.74, 6) is 0.581. The summed E-state index contributed by atoms with van der Waals surface area (Å²) >= 11 is 5.68. The molecule has 0 aliphatic carbocycles. The number of hydrogen-bond acceptors (Lipinski definition) is 6. The predicted molar refractivity (Wildman–Crippen MR) is 89.3 cm³/mol. The van der Waals surface area contributed by atoms with Crippen LogP contribution in [0.25, 0.3) is 0 Å². The molecule has 1 N–H and O–H groups in total. The van der Waals surface area contributed by atoms with Crippen molar-refractivity contribution in [1.29, 1.82) is 0 Å². The molecule has 10 heteroatoms. The number of alkyl halides is 3. The Morgan fingerprint density at radius 3 is 2.56 bits per heavy atom. The number of piperazine rings is 1. The predicted octanol–water partition coefficient (Wildman–Crippen LogP) is 3.04. The van der Waals surface area contributed by atoms with Crippen molar-refractivity contribution in [3.63, 3.8) is 0 Å². The summed E-state index contributed by atoms with van der Waals surface area (Å²) in [7, 11) is 2.03. The van der Waals surface area contributed by atoms with Gasteiger partial charge in [0.25, 0.3) is 0 Å². The lowest BCUT2D eigenvalue weighted by Crippen LogP contribution is -2.44. The van der Waals surface area contributed by atoms with Gasteiger partial charge in [-0.1, -0.05) is 11.6 Å². The normalized spacial score (nSPS) is 16.1. The van der Waals surface area contributed by atoms with Crippen LogP contribution in [0.4, 0.5) is 30.6 Å². The van der Waals surface area contributed by atoms with Gasteiger partial charge in [0.2, 0.25) is 5.95 Å². The Kier molecular flexibility index (Phi) is 4.96. The maximum Gasteiger partial charge on any atom is 0.418 e. The molecule has 0 spiro atoms. The Morgan fingerprint density at radius 1 is 1.16 bits per heavy atom. The van der Waals surface area contributed by atoms with Gasteiger partial charge in [0.1, 0.15) is 0 Å². The monoisotopic (exact) mass is 372 g/mol. The van der Waals surface area contributed by atoms with Gasteiger partial charge in [0, 0.05) is 31.2 Å². The van der Waals surface area contributed by atoms with Crippen molar-refractivity contribution >= 4 is 29.1 Å². The Labute approximate surface area is 147 Å². The van der Waals surface area contributed by atoms with Gasteiger partial charge in [-0.15, -0.1) is 5.10 Å². The summed E-state index contributed by atoms with van der Waals surface area (Å²) in [5.41, 5.74) is -1.05. The molecule has 1 aromatic heterocycles. The highest BCUT2D eigenvalue weighted by Gasteiger charge is 2.34. The van der Waals surface area contributed by atoms with Gasteiger partial charge < -0.3 is 15.1 Å². The van der Waals surface area contributed by atoms with Crippen molar-refractivity contribution in [2.45, 2.75) is 6.18 Å². The van der Waals surface area contributed by atoms with E-state index < -0.39 is 11.7 Å². The largest absolute Gasteiger partial charge is 0.418 e. The molecule has 0 bridgehead atoms. The molecule has 134 valence electrons. The maximum atomic E-state index is 13.2. The van der Waals surface area contributed by atoms with Gasteiger partial charge >= 0.3 is 6.18 Å². The minimum atomic E-state index is -4.55. The molecule has 25 heavy (non-hydrogen) atoms. The van der Waals surface area contributed by atoms with Crippen molar-refractivity contribution in [3.8, 4) is 0 Å². The van der Waals surface area contributed by atoms with E-state index in [-0.39, 0.29) is 16.7 Å². The number of hydrogen-bond donors (Lipinski definition) is 1. The smallest absolute Gasteiger partial charge is 0.353 e. The van der Waals surface area contributed by atoms with E-state index in [1.54, 1.807) is 0 Å². The van der Waals surface area contributed by atoms with Crippen molar-refractivity contribution in [2.24, 2.45) is 0 Å². The SMILES string of the molecule is CN1CCN(c2cnnc(Nc3ccc(Cl)cc3C(F)(F)F)n2)CC1. The molecule has 1 aromatic carbocycles. The van der Waals surface area contributed by atoms with Crippen LogP contribution in [0, 0.1) is 0 Å². The van der Waals surface area contributed by atoms with Crippen molar-refractivity contribution < 1.29 is 13.2 Å². The molecular formula is C15H16ClF3N6. The molecular weight excluding hydrogens is 357 g/mol. The Balaban J connectivity index is 1.84. The van der Waals surface area contributed by atoms with E-state index in [0.29, 0.717) is 5.82 Å². The molecule has 1 fully saturated rings. The number of anilines is 3. The first kappa shape index (κ1) is 17.7. The quantitative estimate of drug-likeness (QED) is 0.893. The topological polar surface area (TPSA) is 57.2 Å². The lowest BCUT2D eigenvalue weighted by atomic mass is 10.1. The number of nitrogens with zero attached hydrogens (tertiary/aromatic N) is 5. The Bertz CT molecular complexity index is 746. The summed E-state index contributed by atoms with van der Waals surface area (Å²) in [5, 5.41) is 10.2. The van der Waals surface area contributed by atoms with Crippen LogP contribution < -0.4 is 10.2 Å². The number of halogens is 4. The average molecular weight is 373 g/mol. The van der Waals surface area contributed by atoms with Crippen LogP contribution in [0.1, 0.15) is 5.56 Å². The third-order valence-electron chi connectivity index (χ3n) is 3.91. The van der Waals surface area contributed by atoms with Gasteiger partial charge in [0.05, 0.1) is 17.4 Å². The third-order valence-corrected chi connectivity index (χ3v) is 4.14. The number of aromatic nitrogens is 3. The standard InChI is InChI=1S/C15H16ClF3N6/c1-24-4-6-25(7-5-24)13-9-20-23-14(22-13)21-12-3-2-10(16)8-11(12)15(17,18)19/h2-3,8-9H,4-7H2,1H3,(H,21,22,23). The molecule has 2 aromatic rings. The number of rotatable bonds is 3. The lowest BCUT2D eigenvalue weighted by molar-refractivity contribution is -0.136. The second-order valence-corrected chi connectivity index (χ2v) is 6.18. The van der Waals surface area contributed by atoms with Gasteiger partial charge in [-0.2, -0.15) is 23.3 Å². The minimum Gasteiger partial charge on any atom is -0.353 e. The van der Waals surface area contributed by atoms with Crippen molar-refractivity contribution in [1.82, 2.24) is 20.1 Å². The second kappa shape index (κ2) is 7.01. The van der Waals surface area contributed by atoms with E-state index in [1.165, 1.54) is 18.3 Å². The zero-order chi connectivity index (χ0) is 18.0. The molecule has 0 saturated carbocycles. The first-order valence-electron chi connectivity index (χ1n) is 7.60. The highest BCUT2D eigenvalue weighted by atomic mass is 35.5. The molecule has 6 nitrogen and oxygen atoms in total. The van der Waals surface area contributed by atoms with Crippen LogP contribution in [0.5, 0.6) is 0 Å². The fourth-order valence-electron chi connectivity index (χ4n) is 2.52. The molecule has 3 rings (SSSR count). The van der Waals surface area contributed by atoms with Gasteiger partial charge in [-0.25, -0.2) is 0 Å². The molecule has 0 unspecified atom stereocenters. The van der Waals surface area contributed by atoms with Crippen LogP contribution in [0.2, 0.25) is 5.02 Å². The van der Waals surface area contributed by atoms with Gasteiger partial charge in [0.15, 0.2) is 5.82 Å². The molecule has 0 radical (unpaired) electrons. The Hall–Kier alpha value is -2.13. The average Bonchev–Trinajstić information content (AvgIpc) is 2.56.